The van der Waals surface area contributed by atoms with Gasteiger partial charge in [0.05, 0.1) is 12.5 Å². The van der Waals surface area contributed by atoms with Gasteiger partial charge in [-0.05, 0) is 31.7 Å². The molecule has 114 valence electrons. The Morgan fingerprint density at radius 2 is 2.00 bits per heavy atom. The van der Waals surface area contributed by atoms with E-state index in [1.165, 1.54) is 0 Å². The van der Waals surface area contributed by atoms with Crippen molar-refractivity contribution < 1.29 is 19.5 Å². The summed E-state index contributed by atoms with van der Waals surface area (Å²) in [5.74, 6) is -1.44. The number of imide groups is 1. The van der Waals surface area contributed by atoms with Gasteiger partial charge in [0.1, 0.15) is 0 Å². The minimum atomic E-state index is -0.766. The molecule has 0 aliphatic heterocycles. The Balaban J connectivity index is 2.18. The molecular formula is C13H23N3O4. The van der Waals surface area contributed by atoms with Gasteiger partial charge >= 0.3 is 12.0 Å². The summed E-state index contributed by atoms with van der Waals surface area (Å²) in [6, 6.07) is -0.497. The number of carbonyl (C=O) groups is 3. The Morgan fingerprint density at radius 1 is 1.25 bits per heavy atom. The highest BCUT2D eigenvalue weighted by atomic mass is 16.4. The highest BCUT2D eigenvalue weighted by Crippen LogP contribution is 2.31. The molecule has 0 saturated heterocycles. The van der Waals surface area contributed by atoms with Gasteiger partial charge in [0.25, 0.3) is 0 Å². The maximum Gasteiger partial charge on any atom is 0.321 e. The first-order chi connectivity index (χ1) is 9.54. The van der Waals surface area contributed by atoms with E-state index in [2.05, 4.69) is 16.0 Å². The van der Waals surface area contributed by atoms with Gasteiger partial charge in [0.15, 0.2) is 0 Å². The third-order valence-corrected chi connectivity index (χ3v) is 3.46. The summed E-state index contributed by atoms with van der Waals surface area (Å²) in [7, 11) is 0. The molecule has 1 saturated carbocycles. The van der Waals surface area contributed by atoms with Crippen LogP contribution in [0.3, 0.4) is 0 Å². The number of hydrogen-bond acceptors (Lipinski definition) is 4. The zero-order chi connectivity index (χ0) is 15.0. The molecule has 1 aliphatic rings. The number of carboxylic acid groups (broad SMARTS) is 1. The maximum atomic E-state index is 11.5. The van der Waals surface area contributed by atoms with Crippen LogP contribution < -0.4 is 16.0 Å². The average molecular weight is 285 g/mol. The van der Waals surface area contributed by atoms with Crippen LogP contribution in [0.25, 0.3) is 0 Å². The summed E-state index contributed by atoms with van der Waals surface area (Å²) in [5.41, 5.74) is 0. The number of urea groups is 1. The average Bonchev–Trinajstić information content (AvgIpc) is 2.84. The van der Waals surface area contributed by atoms with Gasteiger partial charge in [-0.3, -0.25) is 14.9 Å². The van der Waals surface area contributed by atoms with Crippen molar-refractivity contribution in [3.05, 3.63) is 0 Å². The van der Waals surface area contributed by atoms with Crippen LogP contribution in [0.4, 0.5) is 4.79 Å². The van der Waals surface area contributed by atoms with Gasteiger partial charge in [0.2, 0.25) is 5.91 Å². The second kappa shape index (κ2) is 8.52. The summed E-state index contributed by atoms with van der Waals surface area (Å²) in [4.78, 5) is 33.7. The van der Waals surface area contributed by atoms with E-state index in [0.29, 0.717) is 19.5 Å². The van der Waals surface area contributed by atoms with Crippen LogP contribution in [0.15, 0.2) is 0 Å². The molecule has 2 unspecified atom stereocenters. The first-order valence-corrected chi connectivity index (χ1v) is 7.05. The van der Waals surface area contributed by atoms with Gasteiger partial charge in [-0.15, -0.1) is 0 Å². The van der Waals surface area contributed by atoms with Crippen LogP contribution in [0.5, 0.6) is 0 Å². The van der Waals surface area contributed by atoms with E-state index in [4.69, 9.17) is 5.11 Å². The number of hydrogen-bond donors (Lipinski definition) is 4. The fraction of sp³-hybridized carbons (Fsp3) is 0.769. The summed E-state index contributed by atoms with van der Waals surface area (Å²) < 4.78 is 0. The van der Waals surface area contributed by atoms with Crippen molar-refractivity contribution in [2.75, 3.05) is 19.6 Å². The fourth-order valence-corrected chi connectivity index (χ4v) is 2.43. The Hall–Kier alpha value is -1.63. The predicted molar refractivity (Wildman–Crippen MR) is 73.2 cm³/mol. The van der Waals surface area contributed by atoms with Gasteiger partial charge in [0, 0.05) is 6.54 Å². The standard InChI is InChI=1S/C13H23N3O4/c1-2-6-15-13(20)16-11(17)8-14-7-9-4-3-5-10(9)12(18)19/h9-10,14H,2-8H2,1H3,(H,18,19)(H2,15,16,17,20). The van der Waals surface area contributed by atoms with E-state index in [1.807, 2.05) is 6.92 Å². The quantitative estimate of drug-likeness (QED) is 0.538. The number of nitrogens with one attached hydrogen (secondary N) is 3. The van der Waals surface area contributed by atoms with Gasteiger partial charge in [-0.25, -0.2) is 4.79 Å². The van der Waals surface area contributed by atoms with Crippen LogP contribution in [0, 0.1) is 11.8 Å². The summed E-state index contributed by atoms with van der Waals surface area (Å²) in [6.07, 6.45) is 3.28. The zero-order valence-corrected chi connectivity index (χ0v) is 11.8. The zero-order valence-electron chi connectivity index (χ0n) is 11.8. The first kappa shape index (κ1) is 16.4. The molecule has 0 bridgehead atoms. The van der Waals surface area contributed by atoms with Crippen LogP contribution in [0.1, 0.15) is 32.6 Å². The largest absolute Gasteiger partial charge is 0.481 e. The topological polar surface area (TPSA) is 108 Å². The predicted octanol–water partition coefficient (Wildman–Crippen LogP) is 0.313. The van der Waals surface area contributed by atoms with Gasteiger partial charge in [-0.1, -0.05) is 13.3 Å². The third kappa shape index (κ3) is 5.56. The van der Waals surface area contributed by atoms with Crippen LogP contribution >= 0.6 is 0 Å². The smallest absolute Gasteiger partial charge is 0.321 e. The van der Waals surface area contributed by atoms with Crippen molar-refractivity contribution in [2.45, 2.75) is 32.6 Å². The SMILES string of the molecule is CCCNC(=O)NC(=O)CNCC1CCCC1C(=O)O. The van der Waals surface area contributed by atoms with Crippen molar-refractivity contribution in [3.63, 3.8) is 0 Å². The number of rotatable bonds is 7. The number of amides is 3. The molecule has 2 atom stereocenters. The van der Waals surface area contributed by atoms with E-state index < -0.39 is 17.9 Å². The molecule has 0 spiro atoms. The van der Waals surface area contributed by atoms with Gasteiger partial charge < -0.3 is 15.7 Å². The fourth-order valence-electron chi connectivity index (χ4n) is 2.43. The van der Waals surface area contributed by atoms with Crippen molar-refractivity contribution in [1.29, 1.82) is 0 Å². The molecule has 1 aliphatic carbocycles. The minimum Gasteiger partial charge on any atom is -0.481 e. The lowest BCUT2D eigenvalue weighted by atomic mass is 9.96. The Morgan fingerprint density at radius 3 is 2.65 bits per heavy atom. The van der Waals surface area contributed by atoms with Gasteiger partial charge in [-0.2, -0.15) is 0 Å². The monoisotopic (exact) mass is 285 g/mol. The van der Waals surface area contributed by atoms with Crippen molar-refractivity contribution in [3.8, 4) is 0 Å². The maximum absolute atomic E-state index is 11.5. The van der Waals surface area contributed by atoms with E-state index >= 15 is 0 Å². The van der Waals surface area contributed by atoms with E-state index in [0.717, 1.165) is 19.3 Å². The van der Waals surface area contributed by atoms with E-state index in [9.17, 15) is 14.4 Å². The molecule has 0 aromatic rings. The minimum absolute atomic E-state index is 0.0163. The van der Waals surface area contributed by atoms with Crippen LogP contribution in [0.2, 0.25) is 0 Å². The summed E-state index contributed by atoms with van der Waals surface area (Å²) in [5, 5.41) is 16.7. The van der Waals surface area contributed by atoms with Crippen LogP contribution in [-0.4, -0.2) is 42.6 Å². The molecule has 1 fully saturated rings. The molecule has 3 amide bonds. The molecule has 0 aromatic heterocycles. The highest BCUT2D eigenvalue weighted by Gasteiger charge is 2.32. The van der Waals surface area contributed by atoms with E-state index in [-0.39, 0.29) is 18.4 Å². The molecule has 1 rings (SSSR count). The van der Waals surface area contributed by atoms with Crippen LogP contribution in [-0.2, 0) is 9.59 Å². The van der Waals surface area contributed by atoms with Crippen molar-refractivity contribution >= 4 is 17.9 Å². The second-order valence-electron chi connectivity index (χ2n) is 5.07. The Labute approximate surface area is 118 Å². The normalized spacial score (nSPS) is 21.4. The molecule has 7 nitrogen and oxygen atoms in total. The third-order valence-electron chi connectivity index (χ3n) is 3.46. The Kier molecular flexibility index (Phi) is 7.00. The number of carboxylic acids is 1. The summed E-state index contributed by atoms with van der Waals surface area (Å²) >= 11 is 0. The lowest BCUT2D eigenvalue weighted by molar-refractivity contribution is -0.142. The molecule has 0 heterocycles. The lowest BCUT2D eigenvalue weighted by Gasteiger charge is -2.16. The second-order valence-corrected chi connectivity index (χ2v) is 5.07. The number of aliphatic carboxylic acids is 1. The molecule has 20 heavy (non-hydrogen) atoms. The van der Waals surface area contributed by atoms with Crippen molar-refractivity contribution in [2.24, 2.45) is 11.8 Å². The summed E-state index contributed by atoms with van der Waals surface area (Å²) in [6.45, 7) is 2.95. The van der Waals surface area contributed by atoms with E-state index in [1.54, 1.807) is 0 Å². The Bertz CT molecular complexity index is 360. The number of carbonyl (C=O) groups excluding carboxylic acids is 2. The lowest BCUT2D eigenvalue weighted by Crippen LogP contribution is -2.44. The highest BCUT2D eigenvalue weighted by molar-refractivity contribution is 5.95. The molecule has 4 N–H and O–H groups in total. The molecule has 0 radical (unpaired) electrons. The molecular weight excluding hydrogens is 262 g/mol. The first-order valence-electron chi connectivity index (χ1n) is 7.05. The molecule has 7 heteroatoms. The van der Waals surface area contributed by atoms with Crippen molar-refractivity contribution in [1.82, 2.24) is 16.0 Å². The molecule has 0 aromatic carbocycles.